The molecule has 8 aliphatic carbocycles. The number of aliphatic hydroxyl groups is 2. The number of allylic oxidation sites excluding steroid dienone is 8. The summed E-state index contributed by atoms with van der Waals surface area (Å²) < 4.78 is 0. The van der Waals surface area contributed by atoms with Crippen LogP contribution in [0.5, 0.6) is 0 Å². The maximum absolute atomic E-state index is 10.6. The second-order valence-electron chi connectivity index (χ2n) is 17.1. The van der Waals surface area contributed by atoms with Crippen LogP contribution in [-0.2, 0) is 61.1 Å². The number of aliphatic hydroxyl groups excluding tert-OH is 2. The number of ketones is 5. The molecule has 0 amide bonds. The Morgan fingerprint density at radius 3 is 0.964 bits per heavy atom. The van der Waals surface area contributed by atoms with E-state index in [0.29, 0.717) is 18.4 Å². The molecule has 8 aliphatic rings. The van der Waals surface area contributed by atoms with Crippen molar-refractivity contribution < 1.29 is 71.3 Å². The molecule has 84 heavy (non-hydrogen) atoms. The van der Waals surface area contributed by atoms with Gasteiger partial charge in [0, 0.05) is 6.42 Å². The quantitative estimate of drug-likeness (QED) is 0.263. The first-order valence-electron chi connectivity index (χ1n) is 34.5. The molecule has 1 unspecified atom stereocenters. The van der Waals surface area contributed by atoms with Gasteiger partial charge in [0.1, 0.15) is 0 Å². The zero-order valence-electron chi connectivity index (χ0n) is 61.3. The van der Waals surface area contributed by atoms with Gasteiger partial charge in [-0.1, -0.05) is 236 Å². The van der Waals surface area contributed by atoms with Crippen molar-refractivity contribution in [1.29, 1.82) is 0 Å². The summed E-state index contributed by atoms with van der Waals surface area (Å²) in [4.78, 5) is 52.8. The maximum atomic E-state index is 10.6. The predicted molar refractivity (Wildman–Crippen MR) is 372 cm³/mol. The molecule has 0 heterocycles. The van der Waals surface area contributed by atoms with Gasteiger partial charge < -0.3 is 27.8 Å². The summed E-state index contributed by atoms with van der Waals surface area (Å²) >= 11 is 0. The van der Waals surface area contributed by atoms with Crippen LogP contribution in [0.15, 0.2) is 58.2 Å². The van der Waals surface area contributed by atoms with Gasteiger partial charge in [-0.15, -0.1) is 25.7 Å². The fourth-order valence-corrected chi connectivity index (χ4v) is 7.54. The van der Waals surface area contributed by atoms with Gasteiger partial charge in [-0.3, -0.25) is 19.2 Å². The topological polar surface area (TPSA) is 126 Å². The van der Waals surface area contributed by atoms with Gasteiger partial charge in [0.15, 0.2) is 23.1 Å². The molecular weight excluding hydrogens is 1110 g/mol. The Bertz CT molecular complexity index is 1360. The Balaban J connectivity index is -0.0000000594. The molecular formula is C75H148O7V2. The molecule has 0 saturated heterocycles. The standard InChI is InChI=1S/C7H10O2.C7H8O2.C7H10O.C7H9O.C7H14.C6H9O.2C6H11.11C2H6.2V/c2*1-5(8)6-2-3-7(9)4-6;2*1-6(8)7-4-2-3-5-7;1-7-5-3-2-4-6-7;7-5-6-3-1-2-4-6;2*1-2-4-6-5-3-1;11*1-2;;/h4,7,9H,2-3H2,1H3;4H,2-3H2,1H3;4H,2-3,5H2,1H3;2,4H,3,5H2,1H3;7H,2-6H2,1H3;1,3,7H,2,4-5H2;2*1H,2-6H2;11*1-2H3;;/q;;;-1;;3*-1;;;;;;;;;;;;2*+2. The largest absolute Gasteiger partial charge is 2.00 e. The summed E-state index contributed by atoms with van der Waals surface area (Å²) in [5.74, 6) is 1.71. The smallest absolute Gasteiger partial charge is 0.410 e. The van der Waals surface area contributed by atoms with Gasteiger partial charge in [0.25, 0.3) is 0 Å². The molecule has 7 nitrogen and oxygen atoms in total. The van der Waals surface area contributed by atoms with Gasteiger partial charge in [0.2, 0.25) is 0 Å². The van der Waals surface area contributed by atoms with Gasteiger partial charge in [-0.05, 0) is 108 Å². The Morgan fingerprint density at radius 2 is 0.810 bits per heavy atom. The van der Waals surface area contributed by atoms with Crippen molar-refractivity contribution in [2.24, 2.45) is 5.92 Å². The van der Waals surface area contributed by atoms with E-state index in [1.54, 1.807) is 19.9 Å². The Labute approximate surface area is 553 Å². The number of carbonyl (C=O) groups excluding carboxylic acids is 5. The van der Waals surface area contributed by atoms with Crippen molar-refractivity contribution in [1.82, 2.24) is 0 Å². The monoisotopic (exact) mass is 1260 g/mol. The van der Waals surface area contributed by atoms with Crippen molar-refractivity contribution in [3.8, 4) is 0 Å². The summed E-state index contributed by atoms with van der Waals surface area (Å²) in [6.45, 7) is 52.9. The van der Waals surface area contributed by atoms with Crippen LogP contribution in [-0.4, -0.2) is 51.8 Å². The molecule has 0 spiro atoms. The van der Waals surface area contributed by atoms with Crippen LogP contribution >= 0.6 is 0 Å². The van der Waals surface area contributed by atoms with Crippen LogP contribution in [0.3, 0.4) is 0 Å². The van der Waals surface area contributed by atoms with E-state index in [0.717, 1.165) is 74.0 Å². The number of rotatable bonds is 5. The zero-order valence-corrected chi connectivity index (χ0v) is 64.1. The SMILES string of the molecule is CC.CC.CC.CC.CC.CC.CC.CC.CC.CC.CC.CC(=O)C1=CC(=O)CC1.CC(=O)C1=CC(O)CC1.CC(=O)C1=CCCC1.CC(=O)C1=C[CH-]CC1.CC1CCCCC1.OCC1=C[CH-]CC1.[CH-]1CCCCC1.[CH-]1CCCCC1.[V+2].[V+2]. The normalized spacial score (nSPS) is 16.0. The molecule has 8 rings (SSSR count). The molecule has 0 aliphatic heterocycles. The third kappa shape index (κ3) is 88.6. The van der Waals surface area contributed by atoms with Crippen LogP contribution in [0.1, 0.15) is 354 Å². The fourth-order valence-electron chi connectivity index (χ4n) is 7.54. The van der Waals surface area contributed by atoms with Crippen molar-refractivity contribution >= 4 is 28.9 Å². The van der Waals surface area contributed by atoms with Gasteiger partial charge in [-0.25, -0.2) is 25.0 Å². The van der Waals surface area contributed by atoms with E-state index in [-0.39, 0.29) is 78.7 Å². The van der Waals surface area contributed by atoms with E-state index in [2.05, 4.69) is 26.2 Å². The summed E-state index contributed by atoms with van der Waals surface area (Å²) in [5.41, 5.74) is 4.64. The van der Waals surface area contributed by atoms with Crippen molar-refractivity contribution in [2.75, 3.05) is 6.61 Å². The number of Topliss-reactive ketones (excluding diaryl/α,β-unsaturated/α-hetero) is 4. The van der Waals surface area contributed by atoms with E-state index in [1.807, 2.05) is 177 Å². The summed E-state index contributed by atoms with van der Waals surface area (Å²) in [5, 5.41) is 17.4. The second-order valence-corrected chi connectivity index (χ2v) is 17.1. The zero-order chi connectivity index (χ0) is 66.4. The molecule has 2 N–H and O–H groups in total. The third-order valence-corrected chi connectivity index (χ3v) is 11.5. The second kappa shape index (κ2) is 106. The first-order chi connectivity index (χ1) is 39.8. The Hall–Kier alpha value is -2.12. The van der Waals surface area contributed by atoms with E-state index < -0.39 is 0 Å². The van der Waals surface area contributed by atoms with Crippen LogP contribution in [0, 0.1) is 31.6 Å². The molecule has 0 bridgehead atoms. The van der Waals surface area contributed by atoms with Crippen LogP contribution in [0.2, 0.25) is 0 Å². The molecule has 0 aromatic carbocycles. The number of hydrogen-bond acceptors (Lipinski definition) is 7. The molecule has 9 heteroatoms. The Morgan fingerprint density at radius 1 is 0.429 bits per heavy atom. The minimum absolute atomic E-state index is 0. The van der Waals surface area contributed by atoms with Gasteiger partial charge in [0.05, 0.1) is 11.9 Å². The minimum atomic E-state index is -0.371. The average molecular weight is 1260 g/mol. The Kier molecular flexibility index (Phi) is 142. The molecule has 0 aromatic heterocycles. The first kappa shape index (κ1) is 113. The van der Waals surface area contributed by atoms with Crippen LogP contribution in [0.4, 0.5) is 0 Å². The molecule has 500 valence electrons. The van der Waals surface area contributed by atoms with Crippen molar-refractivity contribution in [3.63, 3.8) is 0 Å². The van der Waals surface area contributed by atoms with Crippen molar-refractivity contribution in [3.05, 3.63) is 83.9 Å². The first-order valence-corrected chi connectivity index (χ1v) is 34.5. The minimum Gasteiger partial charge on any atom is -0.410 e. The van der Waals surface area contributed by atoms with Gasteiger partial charge >= 0.3 is 37.1 Å². The number of hydrogen-bond donors (Lipinski definition) is 2. The van der Waals surface area contributed by atoms with E-state index in [4.69, 9.17) is 10.2 Å². The molecule has 2 radical (unpaired) electrons. The number of carbonyl (C=O) groups is 5. The third-order valence-electron chi connectivity index (χ3n) is 11.5. The predicted octanol–water partition coefficient (Wildman–Crippen LogP) is 23.8. The van der Waals surface area contributed by atoms with Gasteiger partial charge in [-0.2, -0.15) is 36.8 Å². The average Bonchev–Trinajstić information content (AvgIpc) is 4.45. The fraction of sp³-hybridized carbons (Fsp3) is 0.747. The van der Waals surface area contributed by atoms with Crippen molar-refractivity contribution in [2.45, 2.75) is 360 Å². The van der Waals surface area contributed by atoms with E-state index in [9.17, 15) is 24.0 Å². The summed E-state index contributed by atoms with van der Waals surface area (Å²) in [6, 6.07) is 0. The summed E-state index contributed by atoms with van der Waals surface area (Å²) in [7, 11) is 0. The van der Waals surface area contributed by atoms with E-state index >= 15 is 0 Å². The molecule has 0 aromatic rings. The maximum Gasteiger partial charge on any atom is 2.00 e. The van der Waals surface area contributed by atoms with Crippen LogP contribution in [0.25, 0.3) is 0 Å². The summed E-state index contributed by atoms with van der Waals surface area (Å²) in [6.07, 6.45) is 49.4. The molecule has 1 atom stereocenters. The molecule has 3 saturated carbocycles. The van der Waals surface area contributed by atoms with E-state index in [1.165, 1.54) is 128 Å². The molecule has 3 fully saturated rings. The van der Waals surface area contributed by atoms with Crippen LogP contribution < -0.4 is 0 Å².